The van der Waals surface area contributed by atoms with Crippen LogP contribution in [0.25, 0.3) is 0 Å². The molecule has 4 rings (SSSR count). The van der Waals surface area contributed by atoms with Crippen LogP contribution in [0.2, 0.25) is 0 Å². The van der Waals surface area contributed by atoms with Crippen molar-refractivity contribution in [2.45, 2.75) is 49.3 Å². The smallest absolute Gasteiger partial charge is 0.475 e. The van der Waals surface area contributed by atoms with Crippen LogP contribution in [0.5, 0.6) is 0 Å². The van der Waals surface area contributed by atoms with E-state index in [9.17, 15) is 21.6 Å². The molecule has 39 heavy (non-hydrogen) atoms. The second-order valence-electron chi connectivity index (χ2n) is 9.03. The highest BCUT2D eigenvalue weighted by molar-refractivity contribution is 7.90. The number of carbonyl (C=O) groups is 1. The molecule has 1 fully saturated rings. The van der Waals surface area contributed by atoms with E-state index in [4.69, 9.17) is 9.90 Å². The number of anilines is 1. The predicted octanol–water partition coefficient (Wildman–Crippen LogP) is 4.69. The largest absolute Gasteiger partial charge is 0.490 e. The van der Waals surface area contributed by atoms with Crippen molar-refractivity contribution >= 4 is 32.8 Å². The lowest BCUT2D eigenvalue weighted by Crippen LogP contribution is -2.43. The van der Waals surface area contributed by atoms with Crippen LogP contribution in [0.15, 0.2) is 52.4 Å². The van der Waals surface area contributed by atoms with Crippen LogP contribution < -0.4 is 4.90 Å². The van der Waals surface area contributed by atoms with Gasteiger partial charge in [-0.3, -0.25) is 4.90 Å². The van der Waals surface area contributed by atoms with Crippen LogP contribution in [-0.2, 0) is 26.9 Å². The van der Waals surface area contributed by atoms with E-state index in [1.165, 1.54) is 23.1 Å². The first-order valence-corrected chi connectivity index (χ1v) is 14.4. The van der Waals surface area contributed by atoms with Gasteiger partial charge in [0.15, 0.2) is 10.8 Å². The molecule has 0 aliphatic carbocycles. The Kier molecular flexibility index (Phi) is 10.0. The number of rotatable bonds is 7. The first-order valence-electron chi connectivity index (χ1n) is 11.8. The number of pyridine rings is 1. The molecule has 1 aromatic carbocycles. The Balaban J connectivity index is 0.000000532. The molecular weight excluding hydrogens is 560 g/mol. The summed E-state index contributed by atoms with van der Waals surface area (Å²) in [6.07, 6.45) is -1.69. The molecule has 212 valence electrons. The van der Waals surface area contributed by atoms with Crippen LogP contribution in [0.3, 0.4) is 0 Å². The lowest BCUT2D eigenvalue weighted by Gasteiger charge is -2.38. The second-order valence-corrected chi connectivity index (χ2v) is 11.7. The first kappa shape index (κ1) is 30.4. The number of halogens is 4. The third kappa shape index (κ3) is 8.19. The van der Waals surface area contributed by atoms with Gasteiger partial charge in [0.1, 0.15) is 0 Å². The van der Waals surface area contributed by atoms with Gasteiger partial charge >= 0.3 is 12.1 Å². The molecule has 8 nitrogen and oxygen atoms in total. The summed E-state index contributed by atoms with van der Waals surface area (Å²) >= 11 is 1.31. The summed E-state index contributed by atoms with van der Waals surface area (Å²) in [6.45, 7) is 4.46. The van der Waals surface area contributed by atoms with E-state index in [1.54, 1.807) is 17.8 Å². The molecule has 0 atom stereocenters. The molecule has 3 aromatic rings. The van der Waals surface area contributed by atoms with Gasteiger partial charge in [-0.2, -0.15) is 13.2 Å². The van der Waals surface area contributed by atoms with Gasteiger partial charge < -0.3 is 10.0 Å². The van der Waals surface area contributed by atoms with Crippen molar-refractivity contribution in [2.75, 3.05) is 25.0 Å². The normalized spacial score (nSPS) is 14.9. The number of benzene rings is 1. The molecule has 1 aliphatic heterocycles. The number of aliphatic carboxylic acids is 1. The highest BCUT2D eigenvalue weighted by Crippen LogP contribution is 2.30. The van der Waals surface area contributed by atoms with E-state index in [1.807, 2.05) is 18.0 Å². The summed E-state index contributed by atoms with van der Waals surface area (Å²) in [7, 11) is -1.97. The second kappa shape index (κ2) is 12.8. The summed E-state index contributed by atoms with van der Waals surface area (Å²) < 4.78 is 72.2. The predicted molar refractivity (Wildman–Crippen MR) is 139 cm³/mol. The number of carboxylic acid groups (broad SMARTS) is 1. The van der Waals surface area contributed by atoms with E-state index >= 15 is 4.39 Å². The molecule has 0 radical (unpaired) electrons. The first-order chi connectivity index (χ1) is 18.3. The van der Waals surface area contributed by atoms with E-state index in [-0.39, 0.29) is 11.8 Å². The van der Waals surface area contributed by atoms with Crippen molar-refractivity contribution < 1.29 is 35.9 Å². The summed E-state index contributed by atoms with van der Waals surface area (Å²) in [4.78, 5) is 21.4. The number of thiazole rings is 1. The zero-order valence-corrected chi connectivity index (χ0v) is 22.9. The average molecular weight is 589 g/mol. The molecule has 1 saturated heterocycles. The Labute approximate surface area is 227 Å². The van der Waals surface area contributed by atoms with Crippen LogP contribution in [-0.4, -0.2) is 66.7 Å². The summed E-state index contributed by atoms with van der Waals surface area (Å²) in [5.41, 5.74) is 4.21. The Hall–Kier alpha value is -3.10. The van der Waals surface area contributed by atoms with Crippen LogP contribution in [0, 0.1) is 12.7 Å². The van der Waals surface area contributed by atoms with Crippen molar-refractivity contribution in [2.24, 2.45) is 0 Å². The molecular formula is C25H28F4N4O4S2. The minimum absolute atomic E-state index is 0.249. The number of alkyl halides is 3. The Morgan fingerprint density at radius 1 is 1.18 bits per heavy atom. The number of sulfone groups is 1. The van der Waals surface area contributed by atoms with Crippen LogP contribution in [0.1, 0.15) is 29.7 Å². The van der Waals surface area contributed by atoms with E-state index in [0.29, 0.717) is 16.9 Å². The SMILES string of the molecule is Cc1c(N(C)C2CCN(Cc3ccccc3)CC2)cnc(S(=O)(=O)Cc2cscn2)c1F.O=C(O)C(F)(F)F. The maximum absolute atomic E-state index is 15.1. The van der Waals surface area contributed by atoms with Gasteiger partial charge in [0, 0.05) is 43.7 Å². The number of likely N-dealkylation sites (tertiary alicyclic amines) is 1. The van der Waals surface area contributed by atoms with Crippen molar-refractivity contribution in [3.05, 3.63) is 70.1 Å². The van der Waals surface area contributed by atoms with Crippen molar-refractivity contribution in [1.29, 1.82) is 0 Å². The Morgan fingerprint density at radius 2 is 1.79 bits per heavy atom. The highest BCUT2D eigenvalue weighted by atomic mass is 32.2. The molecule has 0 saturated carbocycles. The highest BCUT2D eigenvalue weighted by Gasteiger charge is 2.38. The number of hydrogen-bond donors (Lipinski definition) is 1. The van der Waals surface area contributed by atoms with Gasteiger partial charge in [-0.05, 0) is 25.3 Å². The molecule has 0 spiro atoms. The topological polar surface area (TPSA) is 104 Å². The molecule has 14 heteroatoms. The molecule has 3 heterocycles. The average Bonchev–Trinajstić information content (AvgIpc) is 3.38. The Bertz CT molecular complexity index is 1350. The van der Waals surface area contributed by atoms with Crippen molar-refractivity contribution in [3.8, 4) is 0 Å². The van der Waals surface area contributed by atoms with E-state index < -0.39 is 32.8 Å². The molecule has 2 aromatic heterocycles. The number of nitrogens with zero attached hydrogens (tertiary/aromatic N) is 4. The van der Waals surface area contributed by atoms with E-state index in [2.05, 4.69) is 39.1 Å². The molecule has 0 bridgehead atoms. The lowest BCUT2D eigenvalue weighted by molar-refractivity contribution is -0.192. The lowest BCUT2D eigenvalue weighted by atomic mass is 10.0. The van der Waals surface area contributed by atoms with Gasteiger partial charge in [0.25, 0.3) is 0 Å². The van der Waals surface area contributed by atoms with Gasteiger partial charge in [0.2, 0.25) is 9.84 Å². The number of hydrogen-bond acceptors (Lipinski definition) is 8. The van der Waals surface area contributed by atoms with Crippen LogP contribution in [0.4, 0.5) is 23.2 Å². The maximum Gasteiger partial charge on any atom is 0.490 e. The molecule has 0 unspecified atom stereocenters. The van der Waals surface area contributed by atoms with Crippen molar-refractivity contribution in [1.82, 2.24) is 14.9 Å². The fourth-order valence-electron chi connectivity index (χ4n) is 4.19. The van der Waals surface area contributed by atoms with Gasteiger partial charge in [-0.25, -0.2) is 27.6 Å². The fourth-order valence-corrected chi connectivity index (χ4v) is 6.18. The Morgan fingerprint density at radius 3 is 2.33 bits per heavy atom. The summed E-state index contributed by atoms with van der Waals surface area (Å²) in [6, 6.07) is 10.7. The maximum atomic E-state index is 15.1. The quantitative estimate of drug-likeness (QED) is 0.397. The van der Waals surface area contributed by atoms with Gasteiger partial charge in [-0.15, -0.1) is 11.3 Å². The summed E-state index contributed by atoms with van der Waals surface area (Å²) in [5, 5.41) is 8.27. The molecule has 0 amide bonds. The van der Waals surface area contributed by atoms with Gasteiger partial charge in [0.05, 0.1) is 28.8 Å². The minimum Gasteiger partial charge on any atom is -0.475 e. The molecule has 1 aliphatic rings. The van der Waals surface area contributed by atoms with Gasteiger partial charge in [-0.1, -0.05) is 30.3 Å². The summed E-state index contributed by atoms with van der Waals surface area (Å²) in [5.74, 6) is -3.88. The zero-order chi connectivity index (χ0) is 28.8. The number of aromatic nitrogens is 2. The van der Waals surface area contributed by atoms with E-state index in [0.717, 1.165) is 32.5 Å². The standard InChI is InChI=1S/C23H27FN4O2S2.C2HF3O2/c1-17-21(12-25-23(22(17)24)32(29,30)15-19-14-31-16-26-19)27(2)20-8-10-28(11-9-20)13-18-6-4-3-5-7-18;3-2(4,5)1(6)7/h3-7,12,14,16,20H,8-11,13,15H2,1-2H3;(H,6,7). The minimum atomic E-state index is -5.08. The number of carboxylic acids is 1. The third-order valence-electron chi connectivity index (χ3n) is 6.30. The zero-order valence-electron chi connectivity index (χ0n) is 21.2. The van der Waals surface area contributed by atoms with Crippen molar-refractivity contribution in [3.63, 3.8) is 0 Å². The third-order valence-corrected chi connectivity index (χ3v) is 8.48. The van der Waals surface area contributed by atoms with Crippen LogP contribution >= 0.6 is 11.3 Å². The monoisotopic (exact) mass is 588 g/mol. The number of piperidine rings is 1. The fraction of sp³-hybridized carbons (Fsp3) is 0.400. The molecule has 1 N–H and O–H groups in total.